The minimum atomic E-state index is 0.459. The number of nitrogens with one attached hydrogen (secondary N) is 1. The monoisotopic (exact) mass is 274 g/mol. The van der Waals surface area contributed by atoms with E-state index in [9.17, 15) is 0 Å². The van der Waals surface area contributed by atoms with E-state index in [0.717, 1.165) is 19.1 Å². The van der Waals surface area contributed by atoms with E-state index in [1.54, 1.807) is 0 Å². The molecule has 0 amide bonds. The van der Waals surface area contributed by atoms with Crippen LogP contribution < -0.4 is 5.32 Å². The van der Waals surface area contributed by atoms with E-state index < -0.39 is 0 Å². The van der Waals surface area contributed by atoms with Gasteiger partial charge in [0, 0.05) is 18.6 Å². The smallest absolute Gasteiger partial charge is 0.0452 e. The Morgan fingerprint density at radius 2 is 2.10 bits per heavy atom. The first-order valence-corrected chi connectivity index (χ1v) is 8.16. The van der Waals surface area contributed by atoms with E-state index in [1.165, 1.54) is 42.5 Å². The summed E-state index contributed by atoms with van der Waals surface area (Å²) < 4.78 is 0. The number of rotatable bonds is 5. The first kappa shape index (κ1) is 15.5. The summed E-state index contributed by atoms with van der Waals surface area (Å²) in [7, 11) is 0. The molecule has 1 heterocycles. The summed E-state index contributed by atoms with van der Waals surface area (Å²) in [4.78, 5) is 2.67. The Morgan fingerprint density at radius 1 is 1.30 bits per heavy atom. The molecule has 1 aliphatic heterocycles. The molecule has 2 rings (SSSR count). The summed E-state index contributed by atoms with van der Waals surface area (Å²) in [6.45, 7) is 12.4. The zero-order valence-corrected chi connectivity index (χ0v) is 13.6. The quantitative estimate of drug-likeness (QED) is 0.878. The molecule has 2 heteroatoms. The van der Waals surface area contributed by atoms with Gasteiger partial charge in [-0.15, -0.1) is 0 Å². The lowest BCUT2D eigenvalue weighted by molar-refractivity contribution is 0.144. The van der Waals surface area contributed by atoms with Crippen LogP contribution in [0.15, 0.2) is 18.2 Å². The summed E-state index contributed by atoms with van der Waals surface area (Å²) >= 11 is 0. The van der Waals surface area contributed by atoms with Gasteiger partial charge in [0.15, 0.2) is 0 Å². The second kappa shape index (κ2) is 7.24. The van der Waals surface area contributed by atoms with Crippen molar-refractivity contribution in [1.29, 1.82) is 0 Å². The van der Waals surface area contributed by atoms with Gasteiger partial charge in [-0.3, -0.25) is 4.90 Å². The molecule has 1 N–H and O–H groups in total. The van der Waals surface area contributed by atoms with Crippen molar-refractivity contribution in [3.05, 3.63) is 34.9 Å². The van der Waals surface area contributed by atoms with Crippen LogP contribution in [-0.4, -0.2) is 30.6 Å². The lowest BCUT2D eigenvalue weighted by Gasteiger charge is -2.36. The molecule has 2 atom stereocenters. The van der Waals surface area contributed by atoms with Gasteiger partial charge in [-0.05, 0) is 57.8 Å². The molecule has 20 heavy (non-hydrogen) atoms. The summed E-state index contributed by atoms with van der Waals surface area (Å²) in [5.74, 6) is 0. The van der Waals surface area contributed by atoms with Crippen LogP contribution in [0.5, 0.6) is 0 Å². The Balaban J connectivity index is 2.15. The fourth-order valence-electron chi connectivity index (χ4n) is 3.32. The van der Waals surface area contributed by atoms with Gasteiger partial charge >= 0.3 is 0 Å². The highest BCUT2D eigenvalue weighted by Gasteiger charge is 2.23. The standard InChI is InChI=1S/C18H30N2/c1-5-19-18(13-20-11-7-6-8-16(20)4)17-12-14(2)9-10-15(17)3/h9-10,12,16,18-19H,5-8,11,13H2,1-4H3. The topological polar surface area (TPSA) is 15.3 Å². The van der Waals surface area contributed by atoms with Gasteiger partial charge < -0.3 is 5.32 Å². The molecule has 2 unspecified atom stereocenters. The van der Waals surface area contributed by atoms with Crippen LogP contribution in [-0.2, 0) is 0 Å². The second-order valence-electron chi connectivity index (χ2n) is 6.31. The predicted molar refractivity (Wildman–Crippen MR) is 87.2 cm³/mol. The Morgan fingerprint density at radius 3 is 2.80 bits per heavy atom. The highest BCUT2D eigenvalue weighted by Crippen LogP contribution is 2.24. The molecule has 112 valence electrons. The van der Waals surface area contributed by atoms with Crippen molar-refractivity contribution in [2.45, 2.75) is 59.0 Å². The van der Waals surface area contributed by atoms with Gasteiger partial charge in [0.1, 0.15) is 0 Å². The van der Waals surface area contributed by atoms with Crippen molar-refractivity contribution in [3.63, 3.8) is 0 Å². The first-order valence-electron chi connectivity index (χ1n) is 8.16. The average molecular weight is 274 g/mol. The minimum absolute atomic E-state index is 0.459. The molecule has 1 aliphatic rings. The van der Waals surface area contributed by atoms with Crippen LogP contribution in [0, 0.1) is 13.8 Å². The molecule has 1 fully saturated rings. The van der Waals surface area contributed by atoms with E-state index >= 15 is 0 Å². The maximum atomic E-state index is 3.69. The third-order valence-corrected chi connectivity index (χ3v) is 4.62. The number of hydrogen-bond donors (Lipinski definition) is 1. The molecular weight excluding hydrogens is 244 g/mol. The van der Waals surface area contributed by atoms with Gasteiger partial charge in [0.05, 0.1) is 0 Å². The number of likely N-dealkylation sites (N-methyl/N-ethyl adjacent to an activating group) is 1. The molecule has 0 aliphatic carbocycles. The lowest BCUT2D eigenvalue weighted by Crippen LogP contribution is -2.43. The van der Waals surface area contributed by atoms with E-state index in [0.29, 0.717) is 6.04 Å². The zero-order chi connectivity index (χ0) is 14.5. The van der Waals surface area contributed by atoms with Crippen molar-refractivity contribution in [2.75, 3.05) is 19.6 Å². The van der Waals surface area contributed by atoms with Crippen LogP contribution >= 0.6 is 0 Å². The third kappa shape index (κ3) is 3.83. The lowest BCUT2D eigenvalue weighted by atomic mass is 9.96. The molecule has 0 aromatic heterocycles. The Bertz CT molecular complexity index is 427. The van der Waals surface area contributed by atoms with E-state index in [-0.39, 0.29) is 0 Å². The highest BCUT2D eigenvalue weighted by atomic mass is 15.2. The number of benzene rings is 1. The van der Waals surface area contributed by atoms with Gasteiger partial charge in [0.25, 0.3) is 0 Å². The van der Waals surface area contributed by atoms with E-state index in [2.05, 4.69) is 56.1 Å². The molecule has 0 saturated carbocycles. The van der Waals surface area contributed by atoms with Gasteiger partial charge in [-0.25, -0.2) is 0 Å². The summed E-state index contributed by atoms with van der Waals surface area (Å²) in [6, 6.07) is 8.02. The molecule has 1 aromatic carbocycles. The molecule has 0 radical (unpaired) electrons. The highest BCUT2D eigenvalue weighted by molar-refractivity contribution is 5.33. The zero-order valence-electron chi connectivity index (χ0n) is 13.6. The average Bonchev–Trinajstić information content (AvgIpc) is 2.43. The second-order valence-corrected chi connectivity index (χ2v) is 6.31. The Hall–Kier alpha value is -0.860. The van der Waals surface area contributed by atoms with Gasteiger partial charge in [0.2, 0.25) is 0 Å². The summed E-state index contributed by atoms with van der Waals surface area (Å²) in [5, 5.41) is 3.69. The number of piperidine rings is 1. The third-order valence-electron chi connectivity index (χ3n) is 4.62. The molecule has 0 bridgehead atoms. The SMILES string of the molecule is CCNC(CN1CCCCC1C)c1cc(C)ccc1C. The number of hydrogen-bond acceptors (Lipinski definition) is 2. The van der Waals surface area contributed by atoms with Crippen molar-refractivity contribution in [1.82, 2.24) is 10.2 Å². The number of likely N-dealkylation sites (tertiary alicyclic amines) is 1. The van der Waals surface area contributed by atoms with Gasteiger partial charge in [-0.2, -0.15) is 0 Å². The van der Waals surface area contributed by atoms with Crippen LogP contribution in [0.25, 0.3) is 0 Å². The fraction of sp³-hybridized carbons (Fsp3) is 0.667. The maximum Gasteiger partial charge on any atom is 0.0452 e. The normalized spacial score (nSPS) is 21.9. The summed E-state index contributed by atoms with van der Waals surface area (Å²) in [6.07, 6.45) is 4.11. The fourth-order valence-corrected chi connectivity index (χ4v) is 3.32. The van der Waals surface area contributed by atoms with E-state index in [4.69, 9.17) is 0 Å². The van der Waals surface area contributed by atoms with Crippen molar-refractivity contribution >= 4 is 0 Å². The molecule has 0 spiro atoms. The molecule has 1 saturated heterocycles. The van der Waals surface area contributed by atoms with Crippen LogP contribution in [0.3, 0.4) is 0 Å². The van der Waals surface area contributed by atoms with E-state index in [1.807, 2.05) is 0 Å². The van der Waals surface area contributed by atoms with Crippen LogP contribution in [0.2, 0.25) is 0 Å². The maximum absolute atomic E-state index is 3.69. The Labute approximate surface area is 124 Å². The van der Waals surface area contributed by atoms with Crippen molar-refractivity contribution in [3.8, 4) is 0 Å². The Kier molecular flexibility index (Phi) is 5.62. The van der Waals surface area contributed by atoms with Crippen LogP contribution in [0.1, 0.15) is 55.8 Å². The van der Waals surface area contributed by atoms with Crippen LogP contribution in [0.4, 0.5) is 0 Å². The number of aryl methyl sites for hydroxylation is 2. The largest absolute Gasteiger partial charge is 0.309 e. The molecular formula is C18H30N2. The minimum Gasteiger partial charge on any atom is -0.309 e. The van der Waals surface area contributed by atoms with Gasteiger partial charge in [-0.1, -0.05) is 37.1 Å². The summed E-state index contributed by atoms with van der Waals surface area (Å²) in [5.41, 5.74) is 4.25. The predicted octanol–water partition coefficient (Wildman–Crippen LogP) is 3.83. The first-order chi connectivity index (χ1) is 9.61. The molecule has 2 nitrogen and oxygen atoms in total. The van der Waals surface area contributed by atoms with Crippen molar-refractivity contribution < 1.29 is 0 Å². The van der Waals surface area contributed by atoms with Crippen molar-refractivity contribution in [2.24, 2.45) is 0 Å². The molecule has 1 aromatic rings. The number of nitrogens with zero attached hydrogens (tertiary/aromatic N) is 1.